The molecule has 1 aliphatic heterocycles. The lowest BCUT2D eigenvalue weighted by Crippen LogP contribution is -2.54. The van der Waals surface area contributed by atoms with E-state index < -0.39 is 30.1 Å². The third kappa shape index (κ3) is 4.13. The summed E-state index contributed by atoms with van der Waals surface area (Å²) in [5.41, 5.74) is 0. The number of nitrogens with one attached hydrogen (secondary N) is 1. The highest BCUT2D eigenvalue weighted by atomic mass is 16.6. The number of carbonyl (C=O) groups excluding carboxylic acids is 2. The Morgan fingerprint density at radius 2 is 2.30 bits per heavy atom. The first kappa shape index (κ1) is 15.8. The number of carbonyl (C=O) groups is 3. The summed E-state index contributed by atoms with van der Waals surface area (Å²) in [6.07, 6.45) is 4.06. The number of rotatable bonds is 4. The summed E-state index contributed by atoms with van der Waals surface area (Å²) < 4.78 is 9.70. The number of methoxy groups -OCH3 is 1. The Labute approximate surface area is 116 Å². The lowest BCUT2D eigenvalue weighted by atomic mass is 10.2. The number of hydrogen-bond acceptors (Lipinski definition) is 5. The number of amides is 2. The maximum Gasteiger partial charge on any atom is 0.336 e. The van der Waals surface area contributed by atoms with Gasteiger partial charge in [-0.15, -0.1) is 12.3 Å². The van der Waals surface area contributed by atoms with E-state index in [-0.39, 0.29) is 26.1 Å². The molecule has 1 fully saturated rings. The predicted molar refractivity (Wildman–Crippen MR) is 66.7 cm³/mol. The van der Waals surface area contributed by atoms with Crippen molar-refractivity contribution in [1.29, 1.82) is 0 Å². The molecule has 8 nitrogen and oxygen atoms in total. The average Bonchev–Trinajstić information content (AvgIpc) is 2.45. The molecule has 8 heteroatoms. The van der Waals surface area contributed by atoms with E-state index in [9.17, 15) is 14.4 Å². The fraction of sp³-hybridized carbons (Fsp3) is 0.583. The van der Waals surface area contributed by atoms with Gasteiger partial charge in [0.25, 0.3) is 0 Å². The van der Waals surface area contributed by atoms with Crippen LogP contribution in [0.4, 0.5) is 4.79 Å². The number of ether oxygens (including phenoxy) is 2. The average molecular weight is 284 g/mol. The minimum atomic E-state index is -1.21. The molecule has 0 aliphatic carbocycles. The number of hydrogen-bond donors (Lipinski definition) is 2. The molecule has 1 aliphatic rings. The first-order valence-electron chi connectivity index (χ1n) is 5.90. The minimum Gasteiger partial charge on any atom is -0.480 e. The van der Waals surface area contributed by atoms with Crippen molar-refractivity contribution in [2.45, 2.75) is 18.6 Å². The number of terminal acetylenes is 1. The molecule has 0 saturated carbocycles. The highest BCUT2D eigenvalue weighted by Gasteiger charge is 2.31. The zero-order valence-corrected chi connectivity index (χ0v) is 11.0. The molecule has 0 aromatic rings. The van der Waals surface area contributed by atoms with Gasteiger partial charge in [-0.3, -0.25) is 0 Å². The van der Waals surface area contributed by atoms with E-state index in [1.54, 1.807) is 0 Å². The van der Waals surface area contributed by atoms with Crippen molar-refractivity contribution in [2.75, 3.05) is 26.8 Å². The van der Waals surface area contributed by atoms with E-state index >= 15 is 0 Å². The molecule has 1 heterocycles. The summed E-state index contributed by atoms with van der Waals surface area (Å²) in [6, 6.07) is -1.77. The van der Waals surface area contributed by atoms with Gasteiger partial charge in [0, 0.05) is 13.0 Å². The summed E-state index contributed by atoms with van der Waals surface area (Å²) in [5.74, 6) is 0.384. The van der Waals surface area contributed by atoms with Gasteiger partial charge in [0.2, 0.25) is 0 Å². The Morgan fingerprint density at radius 3 is 2.85 bits per heavy atom. The lowest BCUT2D eigenvalue weighted by molar-refractivity contribution is -0.158. The van der Waals surface area contributed by atoms with Crippen LogP contribution in [-0.2, 0) is 19.1 Å². The topological polar surface area (TPSA) is 105 Å². The second-order valence-electron chi connectivity index (χ2n) is 4.08. The maximum absolute atomic E-state index is 11.9. The highest BCUT2D eigenvalue weighted by molar-refractivity contribution is 5.83. The van der Waals surface area contributed by atoms with Crippen molar-refractivity contribution in [3.63, 3.8) is 0 Å². The van der Waals surface area contributed by atoms with Crippen LogP contribution in [0.3, 0.4) is 0 Å². The summed E-state index contributed by atoms with van der Waals surface area (Å²) in [6.45, 7) is 0.419. The van der Waals surface area contributed by atoms with E-state index in [1.807, 2.05) is 0 Å². The quantitative estimate of drug-likeness (QED) is 0.509. The Kier molecular flexibility index (Phi) is 5.80. The second-order valence-corrected chi connectivity index (χ2v) is 4.08. The highest BCUT2D eigenvalue weighted by Crippen LogP contribution is 2.07. The zero-order valence-electron chi connectivity index (χ0n) is 11.0. The number of nitrogens with zero attached hydrogens (tertiary/aromatic N) is 1. The molecule has 0 aromatic carbocycles. The van der Waals surface area contributed by atoms with Crippen LogP contribution in [0.5, 0.6) is 0 Å². The molecule has 0 aromatic heterocycles. The first-order valence-corrected chi connectivity index (χ1v) is 5.90. The zero-order chi connectivity index (χ0) is 15.1. The number of aliphatic carboxylic acids is 1. The van der Waals surface area contributed by atoms with E-state index in [4.69, 9.17) is 16.3 Å². The third-order valence-electron chi connectivity index (χ3n) is 2.74. The molecule has 2 N–H and O–H groups in total. The third-order valence-corrected chi connectivity index (χ3v) is 2.74. The molecule has 1 saturated heterocycles. The van der Waals surface area contributed by atoms with Gasteiger partial charge in [0.15, 0.2) is 6.10 Å². The van der Waals surface area contributed by atoms with Crippen LogP contribution in [0.1, 0.15) is 6.42 Å². The van der Waals surface area contributed by atoms with Crippen molar-refractivity contribution in [3.8, 4) is 12.3 Å². The van der Waals surface area contributed by atoms with Crippen molar-refractivity contribution in [1.82, 2.24) is 10.2 Å². The Bertz CT molecular complexity index is 430. The van der Waals surface area contributed by atoms with Gasteiger partial charge in [-0.1, -0.05) is 0 Å². The minimum absolute atomic E-state index is 0.000892. The van der Waals surface area contributed by atoms with E-state index in [0.29, 0.717) is 0 Å². The standard InChI is InChI=1S/C12H16N2O6/c1-3-4-8(10(15)16)13-12(18)14-5-6-20-9(7-14)11(17)19-2/h1,8-9H,4-7H2,2H3,(H,13,18)(H,15,16). The Balaban J connectivity index is 2.60. The second kappa shape index (κ2) is 7.35. The fourth-order valence-electron chi connectivity index (χ4n) is 1.67. The fourth-order valence-corrected chi connectivity index (χ4v) is 1.67. The molecule has 0 spiro atoms. The van der Waals surface area contributed by atoms with E-state index in [0.717, 1.165) is 0 Å². The molecular weight excluding hydrogens is 268 g/mol. The van der Waals surface area contributed by atoms with Crippen LogP contribution in [0.2, 0.25) is 0 Å². The molecule has 1 rings (SSSR count). The van der Waals surface area contributed by atoms with Crippen LogP contribution in [0, 0.1) is 12.3 Å². The summed E-state index contributed by atoms with van der Waals surface area (Å²) in [5, 5.41) is 11.2. The smallest absolute Gasteiger partial charge is 0.336 e. The summed E-state index contributed by atoms with van der Waals surface area (Å²) >= 11 is 0. The molecule has 0 bridgehead atoms. The van der Waals surface area contributed by atoms with E-state index in [2.05, 4.69) is 16.0 Å². The SMILES string of the molecule is C#CCC(NC(=O)N1CCOC(C(=O)OC)C1)C(=O)O. The van der Waals surface area contributed by atoms with Gasteiger partial charge in [0.1, 0.15) is 6.04 Å². The number of carboxylic acids is 1. The number of morpholine rings is 1. The van der Waals surface area contributed by atoms with Gasteiger partial charge >= 0.3 is 18.0 Å². The molecule has 0 radical (unpaired) electrons. The number of esters is 1. The normalized spacial score (nSPS) is 19.6. The van der Waals surface area contributed by atoms with Gasteiger partial charge in [0.05, 0.1) is 20.3 Å². The van der Waals surface area contributed by atoms with Gasteiger partial charge in [-0.25, -0.2) is 14.4 Å². The molecule has 2 atom stereocenters. The van der Waals surface area contributed by atoms with Crippen molar-refractivity contribution < 1.29 is 29.0 Å². The number of carboxylic acid groups (broad SMARTS) is 1. The van der Waals surface area contributed by atoms with Crippen LogP contribution >= 0.6 is 0 Å². The van der Waals surface area contributed by atoms with Crippen molar-refractivity contribution in [3.05, 3.63) is 0 Å². The molecule has 2 unspecified atom stereocenters. The summed E-state index contributed by atoms with van der Waals surface area (Å²) in [4.78, 5) is 35.4. The Morgan fingerprint density at radius 1 is 1.60 bits per heavy atom. The van der Waals surface area contributed by atoms with E-state index in [1.165, 1.54) is 12.0 Å². The first-order chi connectivity index (χ1) is 9.49. The van der Waals surface area contributed by atoms with Crippen LogP contribution < -0.4 is 5.32 Å². The largest absolute Gasteiger partial charge is 0.480 e. The number of urea groups is 1. The van der Waals surface area contributed by atoms with Crippen LogP contribution in [-0.4, -0.2) is 66.9 Å². The van der Waals surface area contributed by atoms with Gasteiger partial charge < -0.3 is 24.8 Å². The molecule has 20 heavy (non-hydrogen) atoms. The predicted octanol–water partition coefficient (Wildman–Crippen LogP) is -0.954. The van der Waals surface area contributed by atoms with Crippen molar-refractivity contribution >= 4 is 18.0 Å². The lowest BCUT2D eigenvalue weighted by Gasteiger charge is -2.32. The van der Waals surface area contributed by atoms with Crippen LogP contribution in [0.15, 0.2) is 0 Å². The van der Waals surface area contributed by atoms with Crippen molar-refractivity contribution in [2.24, 2.45) is 0 Å². The molecule has 110 valence electrons. The summed E-state index contributed by atoms with van der Waals surface area (Å²) in [7, 11) is 1.22. The maximum atomic E-state index is 11.9. The molecule has 2 amide bonds. The molecular formula is C12H16N2O6. The Hall–Kier alpha value is -2.27. The van der Waals surface area contributed by atoms with Crippen LogP contribution in [0.25, 0.3) is 0 Å². The van der Waals surface area contributed by atoms with Gasteiger partial charge in [-0.2, -0.15) is 0 Å². The van der Waals surface area contributed by atoms with Gasteiger partial charge in [-0.05, 0) is 0 Å². The monoisotopic (exact) mass is 284 g/mol.